The molecule has 0 saturated carbocycles. The molecule has 24 heteroatoms. The number of amides is 3. The van der Waals surface area contributed by atoms with Crippen molar-refractivity contribution in [2.75, 3.05) is 59.3 Å². The molecule has 0 unspecified atom stereocenters. The van der Waals surface area contributed by atoms with Crippen LogP contribution in [0.2, 0.25) is 0 Å². The maximum absolute atomic E-state index is 13.7. The quantitative estimate of drug-likeness (QED) is 0.0166. The zero-order valence-corrected chi connectivity index (χ0v) is 49.2. The Balaban J connectivity index is 1.18. The molecule has 84 heavy (non-hydrogen) atoms. The SMILES string of the molecule is CC(C)(O)C(=O)c1ccc(OCCOC(=O)NCCCCCCn2c(=O)n(CCCCCCNC(=O)OCCOc3ccc(C(=O)C(C)(C)O)cc3)c(=O)n(CCCCCCNC(=O)OCCOc3ccc(C(=O)C(C)(C)O)cc3)c2=O)cc1. The van der Waals surface area contributed by atoms with E-state index in [0.29, 0.717) is 131 Å². The van der Waals surface area contributed by atoms with Gasteiger partial charge in [-0.15, -0.1) is 0 Å². The fourth-order valence-corrected chi connectivity index (χ4v) is 8.28. The van der Waals surface area contributed by atoms with Crippen molar-refractivity contribution in [3.8, 4) is 17.2 Å². The van der Waals surface area contributed by atoms with Crippen LogP contribution in [0.1, 0.15) is 150 Å². The second kappa shape index (κ2) is 34.7. The van der Waals surface area contributed by atoms with E-state index in [1.165, 1.54) is 41.5 Å². The molecule has 0 aliphatic rings. The molecule has 0 bridgehead atoms. The fourth-order valence-electron chi connectivity index (χ4n) is 8.28. The maximum Gasteiger partial charge on any atom is 0.407 e. The van der Waals surface area contributed by atoms with E-state index in [0.717, 1.165) is 13.7 Å². The Kier molecular flexibility index (Phi) is 28.4. The summed E-state index contributed by atoms with van der Waals surface area (Å²) < 4.78 is 35.5. The van der Waals surface area contributed by atoms with Crippen molar-refractivity contribution in [1.29, 1.82) is 0 Å². The Labute approximate surface area is 488 Å². The molecule has 24 nitrogen and oxygen atoms in total. The molecule has 4 rings (SSSR count). The van der Waals surface area contributed by atoms with Crippen molar-refractivity contribution in [1.82, 2.24) is 29.7 Å². The number of hydrogen-bond acceptors (Lipinski definition) is 18. The van der Waals surface area contributed by atoms with Gasteiger partial charge in [-0.25, -0.2) is 42.5 Å². The molecule has 6 N–H and O–H groups in total. The first-order valence-electron chi connectivity index (χ1n) is 28.5. The van der Waals surface area contributed by atoms with Crippen LogP contribution in [0.25, 0.3) is 0 Å². The highest BCUT2D eigenvalue weighted by atomic mass is 16.6. The molecule has 0 spiro atoms. The number of alkyl carbamates (subject to hydrolysis) is 3. The Morgan fingerprint density at radius 1 is 0.357 bits per heavy atom. The second-order valence-electron chi connectivity index (χ2n) is 21.5. The maximum atomic E-state index is 13.7. The Hall–Kier alpha value is -7.83. The third-order valence-electron chi connectivity index (χ3n) is 12.9. The second-order valence-corrected chi connectivity index (χ2v) is 21.5. The number of carbonyl (C=O) groups excluding carboxylic acids is 6. The summed E-state index contributed by atoms with van der Waals surface area (Å²) >= 11 is 0. The first-order valence-corrected chi connectivity index (χ1v) is 28.5. The summed E-state index contributed by atoms with van der Waals surface area (Å²) in [4.78, 5) is 115. The smallest absolute Gasteiger partial charge is 0.407 e. The molecule has 0 saturated heterocycles. The zero-order valence-electron chi connectivity index (χ0n) is 49.2. The van der Waals surface area contributed by atoms with Crippen LogP contribution in [0.3, 0.4) is 0 Å². The number of benzene rings is 3. The number of aliphatic hydroxyl groups is 3. The van der Waals surface area contributed by atoms with E-state index in [2.05, 4.69) is 16.0 Å². The first-order chi connectivity index (χ1) is 39.9. The minimum Gasteiger partial charge on any atom is -0.490 e. The molecule has 4 aromatic rings. The van der Waals surface area contributed by atoms with Gasteiger partial charge in [0.1, 0.15) is 73.7 Å². The summed E-state index contributed by atoms with van der Waals surface area (Å²) in [5.41, 5.74) is -5.58. The van der Waals surface area contributed by atoms with Gasteiger partial charge in [0.15, 0.2) is 17.3 Å². The Morgan fingerprint density at radius 3 is 0.810 bits per heavy atom. The monoisotopic (exact) mass is 1180 g/mol. The number of carbonyl (C=O) groups is 6. The summed E-state index contributed by atoms with van der Waals surface area (Å²) in [5.74, 6) is 0.121. The van der Waals surface area contributed by atoms with Gasteiger partial charge in [0, 0.05) is 56.0 Å². The van der Waals surface area contributed by atoms with E-state index in [4.69, 9.17) is 28.4 Å². The lowest BCUT2D eigenvalue weighted by molar-refractivity contribution is 0.0487. The lowest BCUT2D eigenvalue weighted by Crippen LogP contribution is -2.54. The van der Waals surface area contributed by atoms with Crippen molar-refractivity contribution < 1.29 is 72.5 Å². The molecule has 0 fully saturated rings. The molecular weight excluding hydrogens is 1090 g/mol. The third kappa shape index (κ3) is 24.6. The van der Waals surface area contributed by atoms with Crippen molar-refractivity contribution in [2.24, 2.45) is 0 Å². The summed E-state index contributed by atoms with van der Waals surface area (Å²) in [6.07, 6.45) is 5.13. The van der Waals surface area contributed by atoms with Crippen LogP contribution in [0, 0.1) is 0 Å². The predicted molar refractivity (Wildman–Crippen MR) is 310 cm³/mol. The molecule has 462 valence electrons. The number of unbranched alkanes of at least 4 members (excludes halogenated alkanes) is 9. The number of rotatable bonds is 39. The largest absolute Gasteiger partial charge is 0.490 e. The van der Waals surface area contributed by atoms with E-state index >= 15 is 0 Å². The number of hydrogen-bond donors (Lipinski definition) is 6. The molecule has 0 atom stereocenters. The van der Waals surface area contributed by atoms with Crippen LogP contribution in [0.15, 0.2) is 87.2 Å². The van der Waals surface area contributed by atoms with Crippen molar-refractivity contribution in [3.63, 3.8) is 0 Å². The average Bonchev–Trinajstić information content (AvgIpc) is 2.49. The van der Waals surface area contributed by atoms with Crippen LogP contribution in [0.4, 0.5) is 14.4 Å². The van der Waals surface area contributed by atoms with Crippen molar-refractivity contribution in [2.45, 2.75) is 155 Å². The topological polar surface area (TPSA) is 321 Å². The van der Waals surface area contributed by atoms with Gasteiger partial charge in [0.05, 0.1) is 0 Å². The molecule has 0 aliphatic heterocycles. The number of ketones is 3. The van der Waals surface area contributed by atoms with Gasteiger partial charge in [0.2, 0.25) is 0 Å². The highest BCUT2D eigenvalue weighted by Gasteiger charge is 2.27. The molecule has 1 heterocycles. The van der Waals surface area contributed by atoms with Crippen LogP contribution >= 0.6 is 0 Å². The van der Waals surface area contributed by atoms with Crippen LogP contribution < -0.4 is 47.2 Å². The van der Waals surface area contributed by atoms with Crippen molar-refractivity contribution in [3.05, 3.63) is 121 Å². The van der Waals surface area contributed by atoms with Gasteiger partial charge in [-0.05, 0) is 153 Å². The lowest BCUT2D eigenvalue weighted by atomic mass is 9.97. The molecule has 1 aromatic heterocycles. The van der Waals surface area contributed by atoms with Gasteiger partial charge >= 0.3 is 35.3 Å². The number of Topliss-reactive ketones (excluding diaryl/α,β-unsaturated/α-hetero) is 3. The first kappa shape index (κ1) is 68.7. The lowest BCUT2D eigenvalue weighted by Gasteiger charge is -2.15. The predicted octanol–water partition coefficient (Wildman–Crippen LogP) is 6.13. The van der Waals surface area contributed by atoms with E-state index in [-0.39, 0.29) is 59.3 Å². The minimum absolute atomic E-state index is 0.0251. The van der Waals surface area contributed by atoms with Gasteiger partial charge < -0.3 is 59.7 Å². The fraction of sp³-hybridized carbons (Fsp3) is 0.550. The van der Waals surface area contributed by atoms with Gasteiger partial charge in [-0.3, -0.25) is 14.4 Å². The van der Waals surface area contributed by atoms with Crippen LogP contribution in [-0.4, -0.2) is 141 Å². The summed E-state index contributed by atoms with van der Waals surface area (Å²) in [5, 5.41) is 37.9. The number of nitrogens with zero attached hydrogens (tertiary/aromatic N) is 3. The van der Waals surface area contributed by atoms with Gasteiger partial charge in [-0.2, -0.15) is 0 Å². The summed E-state index contributed by atoms with van der Waals surface area (Å²) in [6.45, 7) is 9.80. The highest BCUT2D eigenvalue weighted by Crippen LogP contribution is 2.20. The number of aromatic nitrogens is 3. The number of nitrogens with one attached hydrogen (secondary N) is 3. The minimum atomic E-state index is -1.50. The summed E-state index contributed by atoms with van der Waals surface area (Å²) in [6, 6.07) is 18.8. The molecule has 0 radical (unpaired) electrons. The summed E-state index contributed by atoms with van der Waals surface area (Å²) in [7, 11) is 0. The van der Waals surface area contributed by atoms with E-state index < -0.39 is 69.5 Å². The molecule has 0 aliphatic carbocycles. The van der Waals surface area contributed by atoms with Crippen molar-refractivity contribution >= 4 is 35.6 Å². The van der Waals surface area contributed by atoms with Crippen LogP contribution in [0.5, 0.6) is 17.2 Å². The molecular formula is C60H84N6O18. The Bertz CT molecular complexity index is 2570. The average molecular weight is 1180 g/mol. The number of ether oxygens (including phenoxy) is 6. The van der Waals surface area contributed by atoms with Gasteiger partial charge in [-0.1, -0.05) is 38.5 Å². The molecule has 3 amide bonds. The zero-order chi connectivity index (χ0) is 61.7. The van der Waals surface area contributed by atoms with E-state index in [1.807, 2.05) is 0 Å². The highest BCUT2D eigenvalue weighted by molar-refractivity contribution is 6.03. The third-order valence-corrected chi connectivity index (χ3v) is 12.9. The normalized spacial score (nSPS) is 11.5. The standard InChI is InChI=1S/C60H84N6O18/c1-58(2,76)49(67)43-19-25-46(26-20-43)79-37-40-82-52(70)61-31-13-7-10-16-34-64-55(73)65(35-17-11-8-14-32-62-53(71)83-41-38-80-47-27-21-44(22-28-47)50(68)59(3,4)77)57(75)66(56(64)74)36-18-12-9-15-33-63-54(72)84-42-39-81-48-29-23-45(24-30-48)51(69)60(5,6)78/h19-30,76-78H,7-18,31-42H2,1-6H3,(H,61,70)(H,62,71)(H,63,72). The van der Waals surface area contributed by atoms with Gasteiger partial charge in [0.25, 0.3) is 0 Å². The van der Waals surface area contributed by atoms with E-state index in [1.54, 1.807) is 72.8 Å². The Morgan fingerprint density at radius 2 is 0.583 bits per heavy atom. The van der Waals surface area contributed by atoms with Crippen LogP contribution in [-0.2, 0) is 33.8 Å². The molecule has 3 aromatic carbocycles. The van der Waals surface area contributed by atoms with E-state index in [9.17, 15) is 58.5 Å².